The summed E-state index contributed by atoms with van der Waals surface area (Å²) in [5.41, 5.74) is 0.975. The first kappa shape index (κ1) is 8.72. The van der Waals surface area contributed by atoms with Gasteiger partial charge in [0.15, 0.2) is 0 Å². The van der Waals surface area contributed by atoms with Crippen molar-refractivity contribution in [2.75, 3.05) is 6.58 Å². The maximum absolute atomic E-state index is 11.4. The second kappa shape index (κ2) is 3.89. The van der Waals surface area contributed by atoms with Crippen molar-refractivity contribution in [2.24, 2.45) is 0 Å². The van der Waals surface area contributed by atoms with Crippen LogP contribution in [0.5, 0.6) is 0 Å². The van der Waals surface area contributed by atoms with Gasteiger partial charge in [-0.05, 0) is 26.0 Å². The van der Waals surface area contributed by atoms with E-state index in [9.17, 15) is 8.42 Å². The van der Waals surface area contributed by atoms with Crippen molar-refractivity contribution in [3.63, 3.8) is 0 Å². The standard InChI is InChI=1S/C9H12O3S/c1-3-12-13(10,11)9-6-4-8(2)5-7-9/h4-7H,3H2,1-2H3/i3D. The first-order valence-electron chi connectivity index (χ1n) is 4.42. The monoisotopic (exact) mass is 201 g/mol. The first-order valence-corrected chi connectivity index (χ1v) is 5.25. The molecule has 4 heteroatoms. The van der Waals surface area contributed by atoms with Gasteiger partial charge in [-0.25, -0.2) is 0 Å². The van der Waals surface area contributed by atoms with E-state index in [4.69, 9.17) is 1.37 Å². The van der Waals surface area contributed by atoms with Gasteiger partial charge in [0.2, 0.25) is 0 Å². The molecule has 0 N–H and O–H groups in total. The zero-order chi connectivity index (χ0) is 10.8. The van der Waals surface area contributed by atoms with Gasteiger partial charge in [-0.15, -0.1) is 0 Å². The number of rotatable bonds is 3. The van der Waals surface area contributed by atoms with Crippen LogP contribution in [0.25, 0.3) is 0 Å². The molecule has 0 aliphatic heterocycles. The minimum absolute atomic E-state index is 0.0854. The van der Waals surface area contributed by atoms with E-state index in [-0.39, 0.29) is 4.90 Å². The average molecular weight is 201 g/mol. The predicted octanol–water partition coefficient (Wildman–Crippen LogP) is 1.72. The van der Waals surface area contributed by atoms with E-state index >= 15 is 0 Å². The SMILES string of the molecule is [2H]C(C)OS(=O)(=O)c1ccc(C)cc1. The van der Waals surface area contributed by atoms with Gasteiger partial charge in [0, 0.05) is 0 Å². The van der Waals surface area contributed by atoms with Crippen LogP contribution in [-0.2, 0) is 14.3 Å². The zero-order valence-electron chi connectivity index (χ0n) is 8.52. The summed E-state index contributed by atoms with van der Waals surface area (Å²) in [5, 5.41) is 0. The molecule has 0 heterocycles. The van der Waals surface area contributed by atoms with Crippen LogP contribution in [0.3, 0.4) is 0 Å². The molecule has 1 unspecified atom stereocenters. The van der Waals surface area contributed by atoms with Crippen molar-refractivity contribution < 1.29 is 14.0 Å². The maximum atomic E-state index is 11.4. The lowest BCUT2D eigenvalue weighted by Gasteiger charge is -2.02. The molecule has 0 bridgehead atoms. The van der Waals surface area contributed by atoms with E-state index in [2.05, 4.69) is 4.18 Å². The van der Waals surface area contributed by atoms with Gasteiger partial charge < -0.3 is 0 Å². The third-order valence-electron chi connectivity index (χ3n) is 1.53. The molecule has 1 atom stereocenters. The fraction of sp³-hybridized carbons (Fsp3) is 0.333. The molecule has 0 amide bonds. The Morgan fingerprint density at radius 3 is 2.38 bits per heavy atom. The highest BCUT2D eigenvalue weighted by Gasteiger charge is 2.12. The Hall–Kier alpha value is -0.870. The minimum Gasteiger partial charge on any atom is -0.267 e. The highest BCUT2D eigenvalue weighted by Crippen LogP contribution is 2.12. The fourth-order valence-corrected chi connectivity index (χ4v) is 1.72. The molecule has 0 spiro atoms. The van der Waals surface area contributed by atoms with Crippen LogP contribution >= 0.6 is 0 Å². The third-order valence-corrected chi connectivity index (χ3v) is 2.83. The molecule has 1 aromatic rings. The van der Waals surface area contributed by atoms with Crippen molar-refractivity contribution in [2.45, 2.75) is 18.7 Å². The van der Waals surface area contributed by atoms with Gasteiger partial charge in [0.05, 0.1) is 12.8 Å². The zero-order valence-corrected chi connectivity index (χ0v) is 8.34. The lowest BCUT2D eigenvalue weighted by molar-refractivity contribution is 0.338. The molecular formula is C9H12O3S. The second-order valence-electron chi connectivity index (χ2n) is 2.60. The molecule has 0 aliphatic rings. The summed E-state index contributed by atoms with van der Waals surface area (Å²) in [6.07, 6.45) is 0. The van der Waals surface area contributed by atoms with E-state index in [0.717, 1.165) is 5.56 Å². The van der Waals surface area contributed by atoms with Crippen LogP contribution in [0.4, 0.5) is 0 Å². The largest absolute Gasteiger partial charge is 0.296 e. The minimum atomic E-state index is -3.76. The summed E-state index contributed by atoms with van der Waals surface area (Å²) in [5.74, 6) is 0. The Morgan fingerprint density at radius 2 is 1.92 bits per heavy atom. The summed E-state index contributed by atoms with van der Waals surface area (Å²) in [4.78, 5) is 0.0854. The normalized spacial score (nSPS) is 15.1. The van der Waals surface area contributed by atoms with Gasteiger partial charge in [0.1, 0.15) is 0 Å². The molecule has 0 aromatic heterocycles. The van der Waals surface area contributed by atoms with Crippen LogP contribution in [0, 0.1) is 6.92 Å². The van der Waals surface area contributed by atoms with Gasteiger partial charge >= 0.3 is 0 Å². The molecule has 3 nitrogen and oxygen atoms in total. The lowest BCUT2D eigenvalue weighted by Crippen LogP contribution is -2.05. The number of benzene rings is 1. The fourth-order valence-electron chi connectivity index (χ4n) is 0.887. The van der Waals surface area contributed by atoms with Gasteiger partial charge in [-0.3, -0.25) is 4.18 Å². The third kappa shape index (κ3) is 2.54. The topological polar surface area (TPSA) is 43.4 Å². The average Bonchev–Trinajstić information content (AvgIpc) is 2.02. The van der Waals surface area contributed by atoms with Gasteiger partial charge in [-0.2, -0.15) is 8.42 Å². The molecule has 0 saturated carbocycles. The van der Waals surface area contributed by atoms with Gasteiger partial charge in [-0.1, -0.05) is 17.7 Å². The molecule has 1 aromatic carbocycles. The Labute approximate surface area is 79.9 Å². The van der Waals surface area contributed by atoms with E-state index in [1.165, 1.54) is 19.1 Å². The molecular weight excluding hydrogens is 188 g/mol. The van der Waals surface area contributed by atoms with E-state index < -0.39 is 16.7 Å². The lowest BCUT2D eigenvalue weighted by atomic mass is 10.2. The number of aryl methyl sites for hydroxylation is 1. The predicted molar refractivity (Wildman–Crippen MR) is 50.0 cm³/mol. The van der Waals surface area contributed by atoms with Crippen molar-refractivity contribution in [1.29, 1.82) is 0 Å². The van der Waals surface area contributed by atoms with Crippen LogP contribution < -0.4 is 0 Å². The van der Waals surface area contributed by atoms with E-state index in [0.29, 0.717) is 0 Å². The Kier molecular flexibility index (Phi) is 2.61. The summed E-state index contributed by atoms with van der Waals surface area (Å²) in [6, 6.07) is 6.30. The molecule has 1 rings (SSSR count). The van der Waals surface area contributed by atoms with Crippen molar-refractivity contribution in [3.05, 3.63) is 29.8 Å². The van der Waals surface area contributed by atoms with Crippen LogP contribution in [0.2, 0.25) is 0 Å². The summed E-state index contributed by atoms with van der Waals surface area (Å²) in [6.45, 7) is 2.14. The van der Waals surface area contributed by atoms with Crippen LogP contribution in [-0.4, -0.2) is 15.0 Å². The number of hydrogen-bond donors (Lipinski definition) is 0. The summed E-state index contributed by atoms with van der Waals surface area (Å²) >= 11 is 0. The smallest absolute Gasteiger partial charge is 0.267 e. The Morgan fingerprint density at radius 1 is 1.38 bits per heavy atom. The van der Waals surface area contributed by atoms with Gasteiger partial charge in [0.25, 0.3) is 10.1 Å². The second-order valence-corrected chi connectivity index (χ2v) is 4.17. The Bertz CT molecular complexity index is 395. The maximum Gasteiger partial charge on any atom is 0.296 e. The summed E-state index contributed by atoms with van der Waals surface area (Å²) in [7, 11) is -3.76. The van der Waals surface area contributed by atoms with Crippen molar-refractivity contribution in [3.8, 4) is 0 Å². The quantitative estimate of drug-likeness (QED) is 0.699. The highest BCUT2D eigenvalue weighted by atomic mass is 32.2. The van der Waals surface area contributed by atoms with E-state index in [1.807, 2.05) is 6.92 Å². The molecule has 72 valence electrons. The first-order chi connectivity index (χ1) is 6.42. The molecule has 13 heavy (non-hydrogen) atoms. The van der Waals surface area contributed by atoms with Crippen molar-refractivity contribution >= 4 is 10.1 Å². The van der Waals surface area contributed by atoms with Crippen LogP contribution in [0.1, 0.15) is 13.9 Å². The molecule has 0 fully saturated rings. The van der Waals surface area contributed by atoms with E-state index in [1.54, 1.807) is 12.1 Å². The molecule has 0 aliphatic carbocycles. The molecule has 0 saturated heterocycles. The highest BCUT2D eigenvalue weighted by molar-refractivity contribution is 7.86. The molecule has 0 radical (unpaired) electrons. The number of hydrogen-bond acceptors (Lipinski definition) is 3. The Balaban J connectivity index is 2.99. The van der Waals surface area contributed by atoms with Crippen LogP contribution in [0.15, 0.2) is 29.2 Å². The van der Waals surface area contributed by atoms with Crippen molar-refractivity contribution in [1.82, 2.24) is 0 Å². The summed E-state index contributed by atoms with van der Waals surface area (Å²) < 4.78 is 34.3.